The van der Waals surface area contributed by atoms with Gasteiger partial charge in [-0.1, -0.05) is 0 Å². The van der Waals surface area contributed by atoms with Crippen LogP contribution >= 0.6 is 0 Å². The van der Waals surface area contributed by atoms with E-state index in [1.807, 2.05) is 0 Å². The van der Waals surface area contributed by atoms with Crippen molar-refractivity contribution in [3.8, 4) is 0 Å². The molecular formula is C19H29N7O. The SMILES string of the molecule is C[C@@H]1CN(c2nc3c(N4CCOCC4)ncnc3n2CC2CC2)C[C@H](C)N1. The molecular weight excluding hydrogens is 342 g/mol. The van der Waals surface area contributed by atoms with Crippen molar-refractivity contribution in [3.63, 3.8) is 0 Å². The summed E-state index contributed by atoms with van der Waals surface area (Å²) in [7, 11) is 0. The molecule has 3 fully saturated rings. The van der Waals surface area contributed by atoms with Crippen LogP contribution in [0.5, 0.6) is 0 Å². The Morgan fingerprint density at radius 2 is 1.81 bits per heavy atom. The first-order chi connectivity index (χ1) is 13.2. The van der Waals surface area contributed by atoms with Gasteiger partial charge in [0.05, 0.1) is 13.2 Å². The van der Waals surface area contributed by atoms with E-state index in [0.717, 1.165) is 74.8 Å². The molecule has 4 heterocycles. The van der Waals surface area contributed by atoms with Gasteiger partial charge in [0.2, 0.25) is 5.95 Å². The van der Waals surface area contributed by atoms with E-state index in [1.165, 1.54) is 12.8 Å². The number of piperazine rings is 1. The lowest BCUT2D eigenvalue weighted by Crippen LogP contribution is -2.55. The second-order valence-electron chi connectivity index (χ2n) is 8.31. The minimum absolute atomic E-state index is 0.452. The van der Waals surface area contributed by atoms with E-state index in [0.29, 0.717) is 12.1 Å². The van der Waals surface area contributed by atoms with Crippen LogP contribution in [0.25, 0.3) is 11.2 Å². The van der Waals surface area contributed by atoms with Gasteiger partial charge in [-0.25, -0.2) is 15.0 Å². The summed E-state index contributed by atoms with van der Waals surface area (Å²) < 4.78 is 7.87. The summed E-state index contributed by atoms with van der Waals surface area (Å²) in [5.74, 6) is 2.78. The Morgan fingerprint density at radius 3 is 2.52 bits per heavy atom. The smallest absolute Gasteiger partial charge is 0.208 e. The number of hydrogen-bond acceptors (Lipinski definition) is 7. The fraction of sp³-hybridized carbons (Fsp3) is 0.737. The van der Waals surface area contributed by atoms with Crippen LogP contribution in [-0.4, -0.2) is 71.0 Å². The molecule has 27 heavy (non-hydrogen) atoms. The predicted molar refractivity (Wildman–Crippen MR) is 105 cm³/mol. The van der Waals surface area contributed by atoms with Crippen LogP contribution in [-0.2, 0) is 11.3 Å². The number of aromatic nitrogens is 4. The molecule has 8 heteroatoms. The maximum absolute atomic E-state index is 5.52. The van der Waals surface area contributed by atoms with Crippen LogP contribution in [0, 0.1) is 5.92 Å². The number of fused-ring (bicyclic) bond motifs is 1. The third kappa shape index (κ3) is 3.36. The molecule has 146 valence electrons. The Kier molecular flexibility index (Phi) is 4.40. The first kappa shape index (κ1) is 17.2. The molecule has 2 aromatic rings. The number of anilines is 2. The quantitative estimate of drug-likeness (QED) is 0.867. The zero-order valence-corrected chi connectivity index (χ0v) is 16.3. The molecule has 1 saturated carbocycles. The standard InChI is InChI=1S/C19H29N7O/c1-13-9-25(10-14(2)22-13)19-23-16-17(24-5-7-27-8-6-24)20-12-21-18(16)26(19)11-15-3-4-15/h12-15,22H,3-11H2,1-2H3/t13-,14+. The summed E-state index contributed by atoms with van der Waals surface area (Å²) in [5, 5.41) is 3.62. The minimum Gasteiger partial charge on any atom is -0.378 e. The number of nitrogens with one attached hydrogen (secondary N) is 1. The van der Waals surface area contributed by atoms with Gasteiger partial charge >= 0.3 is 0 Å². The summed E-state index contributed by atoms with van der Waals surface area (Å²) >= 11 is 0. The second kappa shape index (κ2) is 6.91. The highest BCUT2D eigenvalue weighted by Gasteiger charge is 2.31. The summed E-state index contributed by atoms with van der Waals surface area (Å²) in [4.78, 5) is 19.1. The van der Waals surface area contributed by atoms with E-state index in [4.69, 9.17) is 9.72 Å². The number of nitrogens with zero attached hydrogens (tertiary/aromatic N) is 6. The summed E-state index contributed by atoms with van der Waals surface area (Å²) in [6, 6.07) is 0.903. The van der Waals surface area contributed by atoms with Crippen LogP contribution in [0.1, 0.15) is 26.7 Å². The highest BCUT2D eigenvalue weighted by molar-refractivity contribution is 5.86. The number of imidazole rings is 1. The highest BCUT2D eigenvalue weighted by atomic mass is 16.5. The molecule has 5 rings (SSSR count). The molecule has 2 saturated heterocycles. The molecule has 0 spiro atoms. The normalized spacial score (nSPS) is 26.7. The van der Waals surface area contributed by atoms with Gasteiger partial charge < -0.3 is 19.9 Å². The van der Waals surface area contributed by atoms with Crippen molar-refractivity contribution in [1.29, 1.82) is 0 Å². The maximum atomic E-state index is 5.52. The van der Waals surface area contributed by atoms with Crippen molar-refractivity contribution in [3.05, 3.63) is 6.33 Å². The Hall–Kier alpha value is -1.93. The van der Waals surface area contributed by atoms with Crippen molar-refractivity contribution < 1.29 is 4.74 Å². The fourth-order valence-electron chi connectivity index (χ4n) is 4.38. The number of rotatable bonds is 4. The number of hydrogen-bond donors (Lipinski definition) is 1. The van der Waals surface area contributed by atoms with Crippen molar-refractivity contribution >= 4 is 22.9 Å². The van der Waals surface area contributed by atoms with Crippen LogP contribution in [0.2, 0.25) is 0 Å². The average molecular weight is 371 g/mol. The van der Waals surface area contributed by atoms with Gasteiger partial charge in [-0.3, -0.25) is 4.57 Å². The lowest BCUT2D eigenvalue weighted by atomic mass is 10.1. The summed E-state index contributed by atoms with van der Waals surface area (Å²) in [6.07, 6.45) is 4.33. The third-order valence-electron chi connectivity index (χ3n) is 5.78. The van der Waals surface area contributed by atoms with Crippen LogP contribution in [0.4, 0.5) is 11.8 Å². The van der Waals surface area contributed by atoms with Gasteiger partial charge in [-0.15, -0.1) is 0 Å². The number of ether oxygens (including phenoxy) is 1. The number of morpholine rings is 1. The Balaban J connectivity index is 1.58. The molecule has 0 aromatic carbocycles. The lowest BCUT2D eigenvalue weighted by molar-refractivity contribution is 0.122. The van der Waals surface area contributed by atoms with Crippen molar-refractivity contribution in [2.24, 2.45) is 5.92 Å². The van der Waals surface area contributed by atoms with E-state index in [-0.39, 0.29) is 0 Å². The predicted octanol–water partition coefficient (Wildman–Crippen LogP) is 1.26. The molecule has 3 aliphatic rings. The van der Waals surface area contributed by atoms with Crippen molar-refractivity contribution in [2.45, 2.75) is 45.3 Å². The van der Waals surface area contributed by atoms with Gasteiger partial charge in [-0.05, 0) is 32.6 Å². The Labute approximate surface area is 159 Å². The first-order valence-electron chi connectivity index (χ1n) is 10.2. The molecule has 1 N–H and O–H groups in total. The van der Waals surface area contributed by atoms with Gasteiger partial charge in [0.25, 0.3) is 0 Å². The van der Waals surface area contributed by atoms with Crippen LogP contribution in [0.15, 0.2) is 6.33 Å². The maximum Gasteiger partial charge on any atom is 0.208 e. The Bertz CT molecular complexity index is 802. The third-order valence-corrected chi connectivity index (χ3v) is 5.78. The molecule has 0 amide bonds. The van der Waals surface area contributed by atoms with Crippen LogP contribution < -0.4 is 15.1 Å². The molecule has 1 aliphatic carbocycles. The lowest BCUT2D eigenvalue weighted by Gasteiger charge is -2.36. The molecule has 0 unspecified atom stereocenters. The van der Waals surface area contributed by atoms with E-state index in [1.54, 1.807) is 6.33 Å². The monoisotopic (exact) mass is 371 g/mol. The highest BCUT2D eigenvalue weighted by Crippen LogP contribution is 2.35. The largest absolute Gasteiger partial charge is 0.378 e. The summed E-state index contributed by atoms with van der Waals surface area (Å²) in [5.41, 5.74) is 1.92. The zero-order valence-electron chi connectivity index (χ0n) is 16.3. The minimum atomic E-state index is 0.452. The molecule has 8 nitrogen and oxygen atoms in total. The summed E-state index contributed by atoms with van der Waals surface area (Å²) in [6.45, 7) is 10.7. The molecule has 2 aliphatic heterocycles. The van der Waals surface area contributed by atoms with E-state index < -0.39 is 0 Å². The van der Waals surface area contributed by atoms with E-state index in [9.17, 15) is 0 Å². The van der Waals surface area contributed by atoms with Gasteiger partial charge in [0.15, 0.2) is 17.0 Å². The topological polar surface area (TPSA) is 71.3 Å². The van der Waals surface area contributed by atoms with E-state index in [2.05, 4.69) is 43.5 Å². The van der Waals surface area contributed by atoms with Crippen molar-refractivity contribution in [1.82, 2.24) is 24.8 Å². The van der Waals surface area contributed by atoms with Gasteiger partial charge in [0.1, 0.15) is 6.33 Å². The average Bonchev–Trinajstić information content (AvgIpc) is 3.41. The Morgan fingerprint density at radius 1 is 1.07 bits per heavy atom. The molecule has 2 atom stereocenters. The van der Waals surface area contributed by atoms with Gasteiger partial charge in [0, 0.05) is 44.8 Å². The fourth-order valence-corrected chi connectivity index (χ4v) is 4.38. The molecule has 2 aromatic heterocycles. The van der Waals surface area contributed by atoms with Gasteiger partial charge in [-0.2, -0.15) is 0 Å². The molecule has 0 radical (unpaired) electrons. The first-order valence-corrected chi connectivity index (χ1v) is 10.2. The van der Waals surface area contributed by atoms with Crippen LogP contribution in [0.3, 0.4) is 0 Å². The molecule has 0 bridgehead atoms. The zero-order chi connectivity index (χ0) is 18.4. The van der Waals surface area contributed by atoms with E-state index >= 15 is 0 Å². The second-order valence-corrected chi connectivity index (χ2v) is 8.31. The van der Waals surface area contributed by atoms with Crippen molar-refractivity contribution in [2.75, 3.05) is 49.2 Å².